The maximum Gasteiger partial charge on any atom is 0.176 e. The maximum absolute atomic E-state index is 11.9. The normalized spacial score (nSPS) is 12.8. The van der Waals surface area contributed by atoms with Crippen molar-refractivity contribution >= 4 is 17.5 Å². The van der Waals surface area contributed by atoms with Crippen LogP contribution in [0.15, 0.2) is 29.2 Å². The van der Waals surface area contributed by atoms with Crippen molar-refractivity contribution in [3.8, 4) is 0 Å². The standard InChI is InChI=1S/C13H19NO2S/c1-10(15)8-14(2)9-13(16)11-4-6-12(17-3)7-5-11/h4-7,10,15H,8-9H2,1-3H3. The monoisotopic (exact) mass is 253 g/mol. The third kappa shape index (κ3) is 4.89. The van der Waals surface area contributed by atoms with Gasteiger partial charge in [0.2, 0.25) is 0 Å². The van der Waals surface area contributed by atoms with Crippen LogP contribution in [-0.4, -0.2) is 48.3 Å². The molecule has 0 fully saturated rings. The summed E-state index contributed by atoms with van der Waals surface area (Å²) in [5.74, 6) is 0.0841. The summed E-state index contributed by atoms with van der Waals surface area (Å²) in [5, 5.41) is 9.22. The minimum absolute atomic E-state index is 0.0841. The second kappa shape index (κ2) is 6.79. The summed E-state index contributed by atoms with van der Waals surface area (Å²) in [6, 6.07) is 7.61. The Bertz CT molecular complexity index is 362. The molecule has 94 valence electrons. The van der Waals surface area contributed by atoms with Crippen molar-refractivity contribution in [3.63, 3.8) is 0 Å². The van der Waals surface area contributed by atoms with Crippen LogP contribution >= 0.6 is 11.8 Å². The molecule has 0 saturated heterocycles. The Morgan fingerprint density at radius 2 is 2.00 bits per heavy atom. The Hall–Kier alpha value is -0.840. The van der Waals surface area contributed by atoms with Crippen molar-refractivity contribution in [3.05, 3.63) is 29.8 Å². The fourth-order valence-electron chi connectivity index (χ4n) is 1.63. The van der Waals surface area contributed by atoms with Gasteiger partial charge in [-0.25, -0.2) is 0 Å². The number of thioether (sulfide) groups is 1. The molecule has 4 heteroatoms. The van der Waals surface area contributed by atoms with Crippen molar-refractivity contribution in [2.24, 2.45) is 0 Å². The van der Waals surface area contributed by atoms with Gasteiger partial charge in [-0.1, -0.05) is 12.1 Å². The molecule has 1 unspecified atom stereocenters. The summed E-state index contributed by atoms with van der Waals surface area (Å²) >= 11 is 1.66. The maximum atomic E-state index is 11.9. The third-order valence-corrected chi connectivity index (χ3v) is 3.14. The molecule has 0 spiro atoms. The van der Waals surface area contributed by atoms with E-state index < -0.39 is 6.10 Å². The van der Waals surface area contributed by atoms with Crippen molar-refractivity contribution in [2.45, 2.75) is 17.9 Å². The first-order chi connectivity index (χ1) is 8.02. The second-order valence-corrected chi connectivity index (χ2v) is 5.08. The van der Waals surface area contributed by atoms with Crippen LogP contribution in [0.4, 0.5) is 0 Å². The number of hydrogen-bond donors (Lipinski definition) is 1. The molecule has 0 heterocycles. The van der Waals surface area contributed by atoms with Crippen LogP contribution in [0.1, 0.15) is 17.3 Å². The predicted molar refractivity (Wildman–Crippen MR) is 71.7 cm³/mol. The smallest absolute Gasteiger partial charge is 0.176 e. The van der Waals surface area contributed by atoms with E-state index in [1.165, 1.54) is 0 Å². The lowest BCUT2D eigenvalue weighted by atomic mass is 10.1. The van der Waals surface area contributed by atoms with Crippen molar-refractivity contribution < 1.29 is 9.90 Å². The van der Waals surface area contributed by atoms with E-state index in [0.29, 0.717) is 13.1 Å². The molecule has 1 aromatic carbocycles. The Labute approximate surface area is 107 Å². The lowest BCUT2D eigenvalue weighted by Gasteiger charge is -2.17. The Morgan fingerprint density at radius 1 is 1.41 bits per heavy atom. The highest BCUT2D eigenvalue weighted by atomic mass is 32.2. The summed E-state index contributed by atoms with van der Waals surface area (Å²) < 4.78 is 0. The lowest BCUT2D eigenvalue weighted by Crippen LogP contribution is -2.32. The van der Waals surface area contributed by atoms with Gasteiger partial charge in [0.05, 0.1) is 12.6 Å². The van der Waals surface area contributed by atoms with Gasteiger partial charge in [-0.2, -0.15) is 0 Å². The minimum atomic E-state index is -0.410. The van der Waals surface area contributed by atoms with Crippen molar-refractivity contribution in [1.82, 2.24) is 4.90 Å². The van der Waals surface area contributed by atoms with Crippen LogP contribution in [-0.2, 0) is 0 Å². The van der Waals surface area contributed by atoms with Gasteiger partial charge in [0.15, 0.2) is 5.78 Å². The van der Waals surface area contributed by atoms with E-state index in [-0.39, 0.29) is 5.78 Å². The summed E-state index contributed by atoms with van der Waals surface area (Å²) in [6.45, 7) is 2.56. The number of carbonyl (C=O) groups is 1. The quantitative estimate of drug-likeness (QED) is 0.621. The molecule has 1 N–H and O–H groups in total. The highest BCUT2D eigenvalue weighted by molar-refractivity contribution is 7.98. The zero-order chi connectivity index (χ0) is 12.8. The molecule has 17 heavy (non-hydrogen) atoms. The summed E-state index contributed by atoms with van der Waals surface area (Å²) in [7, 11) is 1.83. The lowest BCUT2D eigenvalue weighted by molar-refractivity contribution is 0.0901. The zero-order valence-electron chi connectivity index (χ0n) is 10.5. The molecule has 1 atom stereocenters. The number of rotatable bonds is 6. The van der Waals surface area contributed by atoms with Crippen molar-refractivity contribution in [2.75, 3.05) is 26.4 Å². The van der Waals surface area contributed by atoms with Crippen molar-refractivity contribution in [1.29, 1.82) is 0 Å². The van der Waals surface area contributed by atoms with E-state index in [0.717, 1.165) is 10.5 Å². The summed E-state index contributed by atoms with van der Waals surface area (Å²) in [5.41, 5.74) is 0.722. The molecule has 0 aromatic heterocycles. The zero-order valence-corrected chi connectivity index (χ0v) is 11.3. The van der Waals surface area contributed by atoms with E-state index in [1.54, 1.807) is 18.7 Å². The predicted octanol–water partition coefficient (Wildman–Crippen LogP) is 1.90. The highest BCUT2D eigenvalue weighted by Gasteiger charge is 2.10. The van der Waals surface area contributed by atoms with Crippen LogP contribution < -0.4 is 0 Å². The van der Waals surface area contributed by atoms with Gasteiger partial charge in [-0.3, -0.25) is 9.69 Å². The largest absolute Gasteiger partial charge is 0.392 e. The molecule has 0 saturated carbocycles. The summed E-state index contributed by atoms with van der Waals surface area (Å²) in [6.07, 6.45) is 1.60. The molecule has 0 aliphatic rings. The first-order valence-corrected chi connectivity index (χ1v) is 6.79. The van der Waals surface area contributed by atoms with E-state index in [9.17, 15) is 9.90 Å². The Kier molecular flexibility index (Phi) is 5.68. The van der Waals surface area contributed by atoms with E-state index in [4.69, 9.17) is 0 Å². The van der Waals surface area contributed by atoms with Gasteiger partial charge >= 0.3 is 0 Å². The van der Waals surface area contributed by atoms with Gasteiger partial charge in [-0.15, -0.1) is 11.8 Å². The third-order valence-electron chi connectivity index (χ3n) is 2.40. The number of carbonyl (C=O) groups excluding carboxylic acids is 1. The first kappa shape index (κ1) is 14.2. The number of aliphatic hydroxyl groups excluding tert-OH is 1. The number of Topliss-reactive ketones (excluding diaryl/α,β-unsaturated/α-hetero) is 1. The topological polar surface area (TPSA) is 40.5 Å². The number of benzene rings is 1. The fraction of sp³-hybridized carbons (Fsp3) is 0.462. The molecule has 1 rings (SSSR count). The molecule has 0 radical (unpaired) electrons. The second-order valence-electron chi connectivity index (χ2n) is 4.20. The highest BCUT2D eigenvalue weighted by Crippen LogP contribution is 2.15. The average molecular weight is 253 g/mol. The van der Waals surface area contributed by atoms with Gasteiger partial charge in [0.1, 0.15) is 0 Å². The number of nitrogens with zero attached hydrogens (tertiary/aromatic N) is 1. The molecule has 0 amide bonds. The Balaban J connectivity index is 2.57. The van der Waals surface area contributed by atoms with Crippen LogP contribution in [0.3, 0.4) is 0 Å². The van der Waals surface area contributed by atoms with Gasteiger partial charge in [-0.05, 0) is 32.4 Å². The van der Waals surface area contributed by atoms with E-state index in [1.807, 2.05) is 42.5 Å². The SMILES string of the molecule is CSc1ccc(C(=O)CN(C)CC(C)O)cc1. The van der Waals surface area contributed by atoms with Gasteiger partial charge < -0.3 is 5.11 Å². The first-order valence-electron chi connectivity index (χ1n) is 5.56. The fourth-order valence-corrected chi connectivity index (χ4v) is 2.04. The average Bonchev–Trinajstić information content (AvgIpc) is 2.28. The molecule has 3 nitrogen and oxygen atoms in total. The molecule has 1 aromatic rings. The van der Waals surface area contributed by atoms with Gasteiger partial charge in [0.25, 0.3) is 0 Å². The molecule has 0 aliphatic carbocycles. The molecular weight excluding hydrogens is 234 g/mol. The number of aliphatic hydroxyl groups is 1. The van der Waals surface area contributed by atoms with E-state index >= 15 is 0 Å². The van der Waals surface area contributed by atoms with Crippen LogP contribution in [0, 0.1) is 0 Å². The summed E-state index contributed by atoms with van der Waals surface area (Å²) in [4.78, 5) is 14.9. The minimum Gasteiger partial charge on any atom is -0.392 e. The van der Waals surface area contributed by atoms with Gasteiger partial charge in [0, 0.05) is 17.0 Å². The molecular formula is C13H19NO2S. The number of ketones is 1. The number of likely N-dealkylation sites (N-methyl/N-ethyl adjacent to an activating group) is 1. The van der Waals surface area contributed by atoms with E-state index in [2.05, 4.69) is 0 Å². The number of hydrogen-bond acceptors (Lipinski definition) is 4. The van der Waals surface area contributed by atoms with Crippen LogP contribution in [0.5, 0.6) is 0 Å². The molecule has 0 bridgehead atoms. The Morgan fingerprint density at radius 3 is 2.47 bits per heavy atom. The van der Waals surface area contributed by atoms with Crippen LogP contribution in [0.2, 0.25) is 0 Å². The molecule has 0 aliphatic heterocycles. The van der Waals surface area contributed by atoms with Crippen LogP contribution in [0.25, 0.3) is 0 Å².